The summed E-state index contributed by atoms with van der Waals surface area (Å²) in [5.74, 6) is 0.674. The van der Waals surface area contributed by atoms with Crippen molar-refractivity contribution < 1.29 is 9.52 Å². The van der Waals surface area contributed by atoms with Crippen molar-refractivity contribution in [1.82, 2.24) is 0 Å². The molecule has 0 amide bonds. The molecule has 1 aromatic heterocycles. The molecule has 1 rings (SSSR count). The van der Waals surface area contributed by atoms with Gasteiger partial charge < -0.3 is 9.52 Å². The Morgan fingerprint density at radius 2 is 1.92 bits per heavy atom. The molecule has 0 saturated heterocycles. The monoisotopic (exact) mass is 184 g/mol. The molecule has 2 nitrogen and oxygen atoms in total. The van der Waals surface area contributed by atoms with Crippen LogP contribution in [0, 0.1) is 0 Å². The van der Waals surface area contributed by atoms with Crippen LogP contribution >= 0.6 is 0 Å². The summed E-state index contributed by atoms with van der Waals surface area (Å²) in [5, 5.41) is 10.3. The van der Waals surface area contributed by atoms with E-state index >= 15 is 0 Å². The third kappa shape index (κ3) is 1.99. The maximum atomic E-state index is 9.22. The second-order valence-corrected chi connectivity index (χ2v) is 9.12. The van der Waals surface area contributed by atoms with E-state index in [0.29, 0.717) is 5.76 Å². The van der Waals surface area contributed by atoms with Gasteiger partial charge in [-0.1, -0.05) is 19.6 Å². The van der Waals surface area contributed by atoms with Crippen LogP contribution in [0.5, 0.6) is 0 Å². The molecule has 0 aliphatic carbocycles. The summed E-state index contributed by atoms with van der Waals surface area (Å²) in [6.45, 7) is 8.37. The van der Waals surface area contributed by atoms with E-state index in [4.69, 9.17) is 4.42 Å². The second-order valence-electron chi connectivity index (χ2n) is 4.13. The van der Waals surface area contributed by atoms with Crippen LogP contribution < -0.4 is 5.38 Å². The molecule has 1 unspecified atom stereocenters. The number of aliphatic hydroxyl groups excluding tert-OH is 1. The average Bonchev–Trinajstić information content (AvgIpc) is 2.30. The molecule has 0 aromatic carbocycles. The Kier molecular flexibility index (Phi) is 2.44. The molecule has 0 fully saturated rings. The third-order valence-corrected chi connectivity index (χ3v) is 3.52. The second kappa shape index (κ2) is 3.07. The summed E-state index contributed by atoms with van der Waals surface area (Å²) in [6, 6.07) is 3.84. The molecule has 1 N–H and O–H groups in total. The zero-order chi connectivity index (χ0) is 9.35. The highest BCUT2D eigenvalue weighted by atomic mass is 28.3. The number of furan rings is 1. The normalized spacial score (nSPS) is 14.8. The lowest BCUT2D eigenvalue weighted by atomic mass is 10.3. The first-order valence-corrected chi connectivity index (χ1v) is 7.69. The van der Waals surface area contributed by atoms with Gasteiger partial charge in [-0.3, -0.25) is 0 Å². The summed E-state index contributed by atoms with van der Waals surface area (Å²) in [6.07, 6.45) is -0.491. The topological polar surface area (TPSA) is 33.4 Å². The van der Waals surface area contributed by atoms with Crippen molar-refractivity contribution in [2.45, 2.75) is 32.7 Å². The van der Waals surface area contributed by atoms with Gasteiger partial charge in [0.15, 0.2) is 0 Å². The lowest BCUT2D eigenvalue weighted by molar-refractivity contribution is 0.171. The van der Waals surface area contributed by atoms with Crippen LogP contribution in [0.25, 0.3) is 0 Å². The van der Waals surface area contributed by atoms with Gasteiger partial charge in [0.2, 0.25) is 0 Å². The fraction of sp³-hybridized carbons (Fsp3) is 0.556. The Balaban J connectivity index is 2.92. The van der Waals surface area contributed by atoms with E-state index in [1.54, 1.807) is 6.92 Å². The standard InChI is InChI=1S/C9H16O2Si/c1-7(10)8-5-6-9(11-8)12(2,3)4/h5-7,10H,1-4H3. The van der Waals surface area contributed by atoms with Crippen molar-refractivity contribution in [3.8, 4) is 0 Å². The van der Waals surface area contributed by atoms with Crippen molar-refractivity contribution in [2.24, 2.45) is 0 Å². The molecule has 0 spiro atoms. The minimum atomic E-state index is -1.34. The minimum Gasteiger partial charge on any atom is -0.468 e. The summed E-state index contributed by atoms with van der Waals surface area (Å²) >= 11 is 0. The summed E-state index contributed by atoms with van der Waals surface area (Å²) < 4.78 is 5.52. The van der Waals surface area contributed by atoms with E-state index in [-0.39, 0.29) is 0 Å². The Labute approximate surface area is 74.2 Å². The number of aliphatic hydroxyl groups is 1. The molecule has 0 aliphatic rings. The molecule has 1 aromatic rings. The van der Waals surface area contributed by atoms with Gasteiger partial charge in [-0.05, 0) is 19.1 Å². The first-order valence-electron chi connectivity index (χ1n) is 4.19. The quantitative estimate of drug-likeness (QED) is 0.712. The predicted molar refractivity (Wildman–Crippen MR) is 52.3 cm³/mol. The van der Waals surface area contributed by atoms with Crippen molar-refractivity contribution in [3.63, 3.8) is 0 Å². The van der Waals surface area contributed by atoms with Crippen LogP contribution in [0.1, 0.15) is 18.8 Å². The zero-order valence-corrected chi connectivity index (χ0v) is 9.09. The summed E-state index contributed by atoms with van der Waals surface area (Å²) in [4.78, 5) is 0. The molecule has 3 heteroatoms. The molecule has 1 atom stereocenters. The maximum Gasteiger partial charge on any atom is 0.131 e. The molecule has 68 valence electrons. The van der Waals surface area contributed by atoms with Crippen LogP contribution in [0.15, 0.2) is 16.5 Å². The molecule has 12 heavy (non-hydrogen) atoms. The molecule has 0 radical (unpaired) electrons. The van der Waals surface area contributed by atoms with Crippen molar-refractivity contribution in [2.75, 3.05) is 0 Å². The lowest BCUT2D eigenvalue weighted by Gasteiger charge is -2.11. The number of hydrogen-bond acceptors (Lipinski definition) is 2. The molecule has 0 bridgehead atoms. The molecule has 1 heterocycles. The Morgan fingerprint density at radius 3 is 2.17 bits per heavy atom. The number of rotatable bonds is 2. The van der Waals surface area contributed by atoms with E-state index in [0.717, 1.165) is 5.38 Å². The molecular formula is C9H16O2Si. The van der Waals surface area contributed by atoms with Crippen molar-refractivity contribution >= 4 is 13.5 Å². The Bertz CT molecular complexity index is 258. The Hall–Kier alpha value is -0.543. The van der Waals surface area contributed by atoms with Crippen LogP contribution in [0.3, 0.4) is 0 Å². The highest BCUT2D eigenvalue weighted by Gasteiger charge is 2.21. The fourth-order valence-electron chi connectivity index (χ4n) is 0.980. The van der Waals surface area contributed by atoms with Crippen LogP contribution in [-0.4, -0.2) is 13.2 Å². The predicted octanol–water partition coefficient (Wildman–Crippen LogP) is 1.88. The first kappa shape index (κ1) is 9.54. The smallest absolute Gasteiger partial charge is 0.131 e. The van der Waals surface area contributed by atoms with Gasteiger partial charge in [0, 0.05) is 0 Å². The average molecular weight is 184 g/mol. The van der Waals surface area contributed by atoms with Crippen LogP contribution in [0.2, 0.25) is 19.6 Å². The van der Waals surface area contributed by atoms with E-state index in [2.05, 4.69) is 19.6 Å². The minimum absolute atomic E-state index is 0.491. The van der Waals surface area contributed by atoms with Gasteiger partial charge in [-0.15, -0.1) is 0 Å². The van der Waals surface area contributed by atoms with Crippen LogP contribution in [0.4, 0.5) is 0 Å². The molecule has 0 saturated carbocycles. The SMILES string of the molecule is CC(O)c1ccc([Si](C)(C)C)o1. The number of hydrogen-bond donors (Lipinski definition) is 1. The van der Waals surface area contributed by atoms with Gasteiger partial charge in [-0.2, -0.15) is 0 Å². The van der Waals surface area contributed by atoms with E-state index < -0.39 is 14.2 Å². The maximum absolute atomic E-state index is 9.22. The first-order chi connectivity index (χ1) is 5.41. The van der Waals surface area contributed by atoms with Gasteiger partial charge in [0.05, 0.1) is 5.38 Å². The van der Waals surface area contributed by atoms with Crippen molar-refractivity contribution in [3.05, 3.63) is 17.9 Å². The van der Waals surface area contributed by atoms with Gasteiger partial charge in [-0.25, -0.2) is 0 Å². The fourth-order valence-corrected chi connectivity index (χ4v) is 1.99. The summed E-state index contributed by atoms with van der Waals surface area (Å²) in [5.41, 5.74) is 0. The highest BCUT2D eigenvalue weighted by molar-refractivity contribution is 6.87. The van der Waals surface area contributed by atoms with Crippen LogP contribution in [-0.2, 0) is 0 Å². The van der Waals surface area contributed by atoms with Gasteiger partial charge in [0.25, 0.3) is 0 Å². The van der Waals surface area contributed by atoms with E-state index in [9.17, 15) is 5.11 Å². The molecular weight excluding hydrogens is 168 g/mol. The van der Waals surface area contributed by atoms with E-state index in [1.807, 2.05) is 12.1 Å². The molecule has 0 aliphatic heterocycles. The third-order valence-electron chi connectivity index (χ3n) is 1.78. The van der Waals surface area contributed by atoms with Crippen molar-refractivity contribution in [1.29, 1.82) is 0 Å². The van der Waals surface area contributed by atoms with Gasteiger partial charge in [0.1, 0.15) is 19.9 Å². The lowest BCUT2D eigenvalue weighted by Crippen LogP contribution is -2.36. The largest absolute Gasteiger partial charge is 0.468 e. The Morgan fingerprint density at radius 1 is 1.33 bits per heavy atom. The van der Waals surface area contributed by atoms with Gasteiger partial charge >= 0.3 is 0 Å². The van der Waals surface area contributed by atoms with E-state index in [1.165, 1.54) is 0 Å². The summed E-state index contributed by atoms with van der Waals surface area (Å²) in [7, 11) is -1.34. The zero-order valence-electron chi connectivity index (χ0n) is 8.09. The highest BCUT2D eigenvalue weighted by Crippen LogP contribution is 2.13.